The van der Waals surface area contributed by atoms with Gasteiger partial charge in [-0.2, -0.15) is 0 Å². The summed E-state index contributed by atoms with van der Waals surface area (Å²) in [4.78, 5) is 0. The molecule has 0 heterocycles. The van der Waals surface area contributed by atoms with Crippen LogP contribution in [0.1, 0.15) is 5.56 Å². The normalized spacial score (nSPS) is 11.3. The molecule has 2 rings (SSSR count). The zero-order valence-electron chi connectivity index (χ0n) is 8.65. The molecule has 0 N–H and O–H groups in total. The molecule has 0 fully saturated rings. The molecule has 0 aliphatic rings. The fourth-order valence-electron chi connectivity index (χ4n) is 1.67. The number of benzene rings is 2. The fourth-order valence-corrected chi connectivity index (χ4v) is 1.67. The average Bonchev–Trinajstić information content (AvgIpc) is 2.35. The Morgan fingerprint density at radius 1 is 0.444 bits per heavy atom. The van der Waals surface area contributed by atoms with Gasteiger partial charge in [-0.15, -0.1) is 0 Å². The molecule has 0 bridgehead atoms. The number of hydrogen-bond acceptors (Lipinski definition) is 0. The number of rotatable bonds is 0. The molecule has 2 aromatic carbocycles. The van der Waals surface area contributed by atoms with Crippen LogP contribution in [-0.2, 0) is 0 Å². The molecular formula is C11H3F7. The summed E-state index contributed by atoms with van der Waals surface area (Å²) in [6, 6.07) is 0. The maximum atomic E-state index is 13.4. The second-order valence-electron chi connectivity index (χ2n) is 3.57. The highest BCUT2D eigenvalue weighted by Gasteiger charge is 2.28. The van der Waals surface area contributed by atoms with E-state index >= 15 is 0 Å². The first-order valence-corrected chi connectivity index (χ1v) is 4.57. The van der Waals surface area contributed by atoms with Crippen LogP contribution in [0.3, 0.4) is 0 Å². The van der Waals surface area contributed by atoms with Crippen LogP contribution in [0.4, 0.5) is 30.7 Å². The van der Waals surface area contributed by atoms with Crippen LogP contribution in [0.15, 0.2) is 0 Å². The van der Waals surface area contributed by atoms with Gasteiger partial charge in [0, 0.05) is 5.39 Å². The first kappa shape index (κ1) is 12.7. The molecule has 0 unspecified atom stereocenters. The van der Waals surface area contributed by atoms with Gasteiger partial charge in [-0.3, -0.25) is 0 Å². The van der Waals surface area contributed by atoms with E-state index in [1.165, 1.54) is 0 Å². The van der Waals surface area contributed by atoms with Gasteiger partial charge in [0.2, 0.25) is 0 Å². The van der Waals surface area contributed by atoms with Crippen LogP contribution in [0, 0.1) is 47.6 Å². The van der Waals surface area contributed by atoms with E-state index in [4.69, 9.17) is 0 Å². The summed E-state index contributed by atoms with van der Waals surface area (Å²) >= 11 is 0. The fraction of sp³-hybridized carbons (Fsp3) is 0.0909. The van der Waals surface area contributed by atoms with E-state index in [0.29, 0.717) is 0 Å². The van der Waals surface area contributed by atoms with E-state index < -0.39 is 57.1 Å². The molecule has 0 saturated heterocycles. The Morgan fingerprint density at radius 3 is 1.22 bits per heavy atom. The highest BCUT2D eigenvalue weighted by atomic mass is 19.2. The predicted molar refractivity (Wildman–Crippen MR) is 48.4 cm³/mol. The topological polar surface area (TPSA) is 0 Å². The van der Waals surface area contributed by atoms with Gasteiger partial charge in [-0.1, -0.05) is 0 Å². The first-order chi connectivity index (χ1) is 8.29. The molecule has 0 aliphatic heterocycles. The van der Waals surface area contributed by atoms with E-state index in [1.54, 1.807) is 0 Å². The maximum absolute atomic E-state index is 13.4. The molecular weight excluding hydrogens is 265 g/mol. The molecule has 7 heteroatoms. The van der Waals surface area contributed by atoms with Gasteiger partial charge in [-0.25, -0.2) is 30.7 Å². The van der Waals surface area contributed by atoms with E-state index in [9.17, 15) is 30.7 Å². The Morgan fingerprint density at radius 2 is 0.778 bits per heavy atom. The molecule has 18 heavy (non-hydrogen) atoms. The van der Waals surface area contributed by atoms with Crippen LogP contribution in [-0.4, -0.2) is 0 Å². The van der Waals surface area contributed by atoms with Gasteiger partial charge >= 0.3 is 0 Å². The number of hydrogen-bond donors (Lipinski definition) is 0. The minimum Gasteiger partial charge on any atom is -0.203 e. The standard InChI is InChI=1S/C11H3F7/c1-2-3-4(7(14)9(16)5(2)12)8(15)11(18)10(17)6(3)13/h1H3. The van der Waals surface area contributed by atoms with Gasteiger partial charge in [0.05, 0.1) is 5.39 Å². The maximum Gasteiger partial charge on any atom is 0.198 e. The monoisotopic (exact) mass is 268 g/mol. The third-order valence-corrected chi connectivity index (χ3v) is 2.58. The van der Waals surface area contributed by atoms with Crippen molar-refractivity contribution < 1.29 is 30.7 Å². The summed E-state index contributed by atoms with van der Waals surface area (Å²) in [7, 11) is 0. The van der Waals surface area contributed by atoms with Crippen molar-refractivity contribution in [2.75, 3.05) is 0 Å². The third-order valence-electron chi connectivity index (χ3n) is 2.58. The van der Waals surface area contributed by atoms with Crippen LogP contribution < -0.4 is 0 Å². The lowest BCUT2D eigenvalue weighted by Gasteiger charge is -2.10. The van der Waals surface area contributed by atoms with Crippen molar-refractivity contribution in [1.29, 1.82) is 0 Å². The van der Waals surface area contributed by atoms with Crippen LogP contribution >= 0.6 is 0 Å². The van der Waals surface area contributed by atoms with Gasteiger partial charge in [0.15, 0.2) is 40.7 Å². The molecule has 2 aromatic rings. The zero-order chi connectivity index (χ0) is 13.8. The van der Waals surface area contributed by atoms with Crippen LogP contribution in [0.5, 0.6) is 0 Å². The Labute approximate surface area is 95.6 Å². The smallest absolute Gasteiger partial charge is 0.198 e. The van der Waals surface area contributed by atoms with Gasteiger partial charge in [-0.05, 0) is 12.5 Å². The number of halogens is 7. The predicted octanol–water partition coefficient (Wildman–Crippen LogP) is 4.12. The van der Waals surface area contributed by atoms with E-state index in [1.807, 2.05) is 0 Å². The summed E-state index contributed by atoms with van der Waals surface area (Å²) in [5, 5.41) is -2.62. The molecule has 0 aromatic heterocycles. The van der Waals surface area contributed by atoms with Gasteiger partial charge < -0.3 is 0 Å². The number of aryl methyl sites for hydroxylation is 1. The van der Waals surface area contributed by atoms with Gasteiger partial charge in [0.1, 0.15) is 0 Å². The summed E-state index contributed by atoms with van der Waals surface area (Å²) in [6.07, 6.45) is 0. The second kappa shape index (κ2) is 3.86. The van der Waals surface area contributed by atoms with Gasteiger partial charge in [0.25, 0.3) is 0 Å². The van der Waals surface area contributed by atoms with Crippen molar-refractivity contribution in [3.05, 3.63) is 46.3 Å². The molecule has 0 spiro atoms. The van der Waals surface area contributed by atoms with Crippen molar-refractivity contribution in [2.24, 2.45) is 0 Å². The SMILES string of the molecule is Cc1c(F)c(F)c(F)c2c(F)c(F)c(F)c(F)c12. The molecule has 96 valence electrons. The third kappa shape index (κ3) is 1.39. The summed E-state index contributed by atoms with van der Waals surface area (Å²) in [5.74, 6) is -14.6. The Bertz CT molecular complexity index is 562. The highest BCUT2D eigenvalue weighted by Crippen LogP contribution is 2.33. The van der Waals surface area contributed by atoms with Crippen molar-refractivity contribution in [3.8, 4) is 0 Å². The minimum atomic E-state index is -2.29. The average molecular weight is 268 g/mol. The molecule has 0 nitrogen and oxygen atoms in total. The van der Waals surface area contributed by atoms with Crippen LogP contribution in [0.2, 0.25) is 0 Å². The molecule has 0 saturated carbocycles. The quantitative estimate of drug-likeness (QED) is 0.383. The Balaban J connectivity index is 3.22. The molecule has 0 aliphatic carbocycles. The van der Waals surface area contributed by atoms with Crippen molar-refractivity contribution >= 4 is 10.8 Å². The van der Waals surface area contributed by atoms with Crippen molar-refractivity contribution in [3.63, 3.8) is 0 Å². The summed E-state index contributed by atoms with van der Waals surface area (Å²) < 4.78 is 91.9. The molecule has 0 atom stereocenters. The van der Waals surface area contributed by atoms with E-state index in [2.05, 4.69) is 0 Å². The summed E-state index contributed by atoms with van der Waals surface area (Å²) in [5.41, 5.74) is -0.848. The Hall–Kier alpha value is -1.79. The lowest BCUT2D eigenvalue weighted by atomic mass is 10.0. The lowest BCUT2D eigenvalue weighted by Crippen LogP contribution is -2.05. The summed E-state index contributed by atoms with van der Waals surface area (Å²) in [6.45, 7) is 0.792. The highest BCUT2D eigenvalue weighted by molar-refractivity contribution is 5.88. The van der Waals surface area contributed by atoms with Crippen molar-refractivity contribution in [1.82, 2.24) is 0 Å². The Kier molecular flexibility index (Phi) is 2.71. The number of fused-ring (bicyclic) bond motifs is 1. The second-order valence-corrected chi connectivity index (χ2v) is 3.57. The van der Waals surface area contributed by atoms with Crippen LogP contribution in [0.25, 0.3) is 10.8 Å². The molecule has 0 radical (unpaired) electrons. The minimum absolute atomic E-state index is 0.792. The first-order valence-electron chi connectivity index (χ1n) is 4.57. The van der Waals surface area contributed by atoms with E-state index in [0.717, 1.165) is 6.92 Å². The van der Waals surface area contributed by atoms with E-state index in [-0.39, 0.29) is 0 Å². The van der Waals surface area contributed by atoms with Crippen molar-refractivity contribution in [2.45, 2.75) is 6.92 Å². The zero-order valence-corrected chi connectivity index (χ0v) is 8.65. The lowest BCUT2D eigenvalue weighted by molar-refractivity contribution is 0.409. The molecule has 0 amide bonds. The largest absolute Gasteiger partial charge is 0.203 e.